The van der Waals surface area contributed by atoms with Crippen LogP contribution < -0.4 is 10.6 Å². The molecule has 0 spiro atoms. The number of carbonyl (C=O) groups is 2. The molecule has 4 nitrogen and oxygen atoms in total. The van der Waals surface area contributed by atoms with Crippen LogP contribution in [0.25, 0.3) is 0 Å². The van der Waals surface area contributed by atoms with Crippen molar-refractivity contribution in [2.75, 3.05) is 5.32 Å². The topological polar surface area (TPSA) is 58.2 Å². The lowest BCUT2D eigenvalue weighted by atomic mass is 10.0. The zero-order valence-electron chi connectivity index (χ0n) is 13.2. The van der Waals surface area contributed by atoms with Gasteiger partial charge in [0.05, 0.1) is 10.6 Å². The van der Waals surface area contributed by atoms with Crippen LogP contribution in [0, 0.1) is 12.8 Å². The van der Waals surface area contributed by atoms with Gasteiger partial charge in [-0.15, -0.1) is 11.3 Å². The number of hydrogen-bond donors (Lipinski definition) is 2. The number of thiophene rings is 1. The molecule has 122 valence electrons. The van der Waals surface area contributed by atoms with Gasteiger partial charge in [0.25, 0.3) is 5.91 Å². The Labute approximate surface area is 148 Å². The minimum absolute atomic E-state index is 0.0249. The van der Waals surface area contributed by atoms with E-state index >= 15 is 0 Å². The molecule has 1 aromatic carbocycles. The highest BCUT2D eigenvalue weighted by atomic mass is 79.9. The molecule has 0 fully saturated rings. The Morgan fingerprint density at radius 2 is 1.96 bits per heavy atom. The lowest BCUT2D eigenvalue weighted by molar-refractivity contribution is -0.118. The van der Waals surface area contributed by atoms with Crippen molar-refractivity contribution in [3.8, 4) is 0 Å². The molecule has 0 saturated carbocycles. The third-order valence-electron chi connectivity index (χ3n) is 3.36. The standard InChI is InChI=1S/C17H19BrN2O2S/c1-10(2)15(20-16(21)14-5-4-8-23-14)17(22)19-13-7-6-11(3)9-12(13)18/h4-10,15H,1-3H3,(H,19,22)(H,20,21). The molecule has 1 unspecified atom stereocenters. The number of rotatable bonds is 5. The number of carbonyl (C=O) groups excluding carboxylic acids is 2. The third kappa shape index (κ3) is 4.65. The first-order valence-electron chi connectivity index (χ1n) is 7.30. The first-order valence-corrected chi connectivity index (χ1v) is 8.97. The smallest absolute Gasteiger partial charge is 0.262 e. The molecule has 1 heterocycles. The van der Waals surface area contributed by atoms with Gasteiger partial charge in [0.15, 0.2) is 0 Å². The molecule has 6 heteroatoms. The van der Waals surface area contributed by atoms with E-state index in [2.05, 4.69) is 26.6 Å². The van der Waals surface area contributed by atoms with E-state index < -0.39 is 6.04 Å². The molecule has 2 amide bonds. The fraction of sp³-hybridized carbons (Fsp3) is 0.294. The maximum absolute atomic E-state index is 12.6. The summed E-state index contributed by atoms with van der Waals surface area (Å²) in [7, 11) is 0. The van der Waals surface area contributed by atoms with Gasteiger partial charge in [-0.3, -0.25) is 9.59 Å². The number of aryl methyl sites for hydroxylation is 1. The number of halogens is 1. The van der Waals surface area contributed by atoms with Crippen LogP contribution >= 0.6 is 27.3 Å². The van der Waals surface area contributed by atoms with Gasteiger partial charge < -0.3 is 10.6 Å². The van der Waals surface area contributed by atoms with Gasteiger partial charge in [-0.2, -0.15) is 0 Å². The molecule has 2 rings (SSSR count). The van der Waals surface area contributed by atoms with E-state index in [1.54, 1.807) is 6.07 Å². The fourth-order valence-corrected chi connectivity index (χ4v) is 3.31. The average Bonchev–Trinajstić information content (AvgIpc) is 3.01. The van der Waals surface area contributed by atoms with Crippen molar-refractivity contribution in [1.29, 1.82) is 0 Å². The first kappa shape index (κ1) is 17.7. The molecule has 0 aliphatic carbocycles. The Morgan fingerprint density at radius 1 is 1.22 bits per heavy atom. The first-order chi connectivity index (χ1) is 10.9. The maximum Gasteiger partial charge on any atom is 0.262 e. The molecule has 2 N–H and O–H groups in total. The molecule has 23 heavy (non-hydrogen) atoms. The molecule has 2 aromatic rings. The molecule has 0 aliphatic rings. The Morgan fingerprint density at radius 3 is 2.52 bits per heavy atom. The monoisotopic (exact) mass is 394 g/mol. The largest absolute Gasteiger partial charge is 0.339 e. The molecule has 1 atom stereocenters. The highest BCUT2D eigenvalue weighted by Gasteiger charge is 2.25. The van der Waals surface area contributed by atoms with Gasteiger partial charge in [-0.05, 0) is 57.9 Å². The predicted octanol–water partition coefficient (Wildman–Crippen LogP) is 4.21. The molecule has 0 radical (unpaired) electrons. The minimum atomic E-state index is -0.599. The van der Waals surface area contributed by atoms with Crippen LogP contribution in [0.3, 0.4) is 0 Å². The summed E-state index contributed by atoms with van der Waals surface area (Å²) in [5.41, 5.74) is 1.79. The molecule has 0 aliphatic heterocycles. The van der Waals surface area contributed by atoms with Crippen LogP contribution in [0.2, 0.25) is 0 Å². The van der Waals surface area contributed by atoms with E-state index in [-0.39, 0.29) is 17.7 Å². The Hall–Kier alpha value is -1.66. The normalized spacial score (nSPS) is 12.0. The van der Waals surface area contributed by atoms with Crippen LogP contribution in [0.5, 0.6) is 0 Å². The molecule has 0 bridgehead atoms. The summed E-state index contributed by atoms with van der Waals surface area (Å²) < 4.78 is 0.818. The van der Waals surface area contributed by atoms with Crippen LogP contribution in [0.4, 0.5) is 5.69 Å². The fourth-order valence-electron chi connectivity index (χ4n) is 2.09. The maximum atomic E-state index is 12.6. The molecular weight excluding hydrogens is 376 g/mol. The van der Waals surface area contributed by atoms with Crippen molar-refractivity contribution >= 4 is 44.8 Å². The minimum Gasteiger partial charge on any atom is -0.339 e. The molecular formula is C17H19BrN2O2S. The number of nitrogens with one attached hydrogen (secondary N) is 2. The summed E-state index contributed by atoms with van der Waals surface area (Å²) in [6.45, 7) is 5.79. The van der Waals surface area contributed by atoms with Gasteiger partial charge in [-0.25, -0.2) is 0 Å². The highest BCUT2D eigenvalue weighted by molar-refractivity contribution is 9.10. The SMILES string of the molecule is Cc1ccc(NC(=O)C(NC(=O)c2cccs2)C(C)C)c(Br)c1. The lowest BCUT2D eigenvalue weighted by Gasteiger charge is -2.22. The molecule has 0 saturated heterocycles. The highest BCUT2D eigenvalue weighted by Crippen LogP contribution is 2.24. The summed E-state index contributed by atoms with van der Waals surface area (Å²) in [4.78, 5) is 25.3. The third-order valence-corrected chi connectivity index (χ3v) is 4.89. The summed E-state index contributed by atoms with van der Waals surface area (Å²) in [5.74, 6) is -0.477. The number of benzene rings is 1. The zero-order valence-corrected chi connectivity index (χ0v) is 15.6. The van der Waals surface area contributed by atoms with Crippen molar-refractivity contribution in [3.63, 3.8) is 0 Å². The quantitative estimate of drug-likeness (QED) is 0.797. The second-order valence-corrected chi connectivity index (χ2v) is 7.45. The van der Waals surface area contributed by atoms with E-state index in [1.165, 1.54) is 11.3 Å². The van der Waals surface area contributed by atoms with Gasteiger partial charge in [0.2, 0.25) is 5.91 Å². The van der Waals surface area contributed by atoms with Gasteiger partial charge in [0, 0.05) is 4.47 Å². The lowest BCUT2D eigenvalue weighted by Crippen LogP contribution is -2.47. The van der Waals surface area contributed by atoms with Crippen LogP contribution in [-0.2, 0) is 4.79 Å². The van der Waals surface area contributed by atoms with Crippen molar-refractivity contribution < 1.29 is 9.59 Å². The predicted molar refractivity (Wildman–Crippen MR) is 97.9 cm³/mol. The molecule has 1 aromatic heterocycles. The second kappa shape index (κ2) is 7.75. The van der Waals surface area contributed by atoms with Crippen molar-refractivity contribution in [1.82, 2.24) is 5.32 Å². The van der Waals surface area contributed by atoms with E-state index in [1.807, 2.05) is 50.4 Å². The van der Waals surface area contributed by atoms with E-state index in [4.69, 9.17) is 0 Å². The Bertz CT molecular complexity index is 699. The zero-order chi connectivity index (χ0) is 17.0. The van der Waals surface area contributed by atoms with Crippen LogP contribution in [0.15, 0.2) is 40.2 Å². The van der Waals surface area contributed by atoms with Gasteiger partial charge in [0.1, 0.15) is 6.04 Å². The average molecular weight is 395 g/mol. The van der Waals surface area contributed by atoms with Crippen LogP contribution in [-0.4, -0.2) is 17.9 Å². The number of anilines is 1. The van der Waals surface area contributed by atoms with Crippen molar-refractivity contribution in [2.24, 2.45) is 5.92 Å². The van der Waals surface area contributed by atoms with Crippen molar-refractivity contribution in [3.05, 3.63) is 50.6 Å². The van der Waals surface area contributed by atoms with E-state index in [0.29, 0.717) is 10.6 Å². The number of amides is 2. The Balaban J connectivity index is 2.10. The van der Waals surface area contributed by atoms with Gasteiger partial charge >= 0.3 is 0 Å². The second-order valence-electron chi connectivity index (χ2n) is 5.65. The Kier molecular flexibility index (Phi) is 5.96. The van der Waals surface area contributed by atoms with Crippen molar-refractivity contribution in [2.45, 2.75) is 26.8 Å². The summed E-state index contributed by atoms with van der Waals surface area (Å²) in [5, 5.41) is 7.52. The summed E-state index contributed by atoms with van der Waals surface area (Å²) in [6, 6.07) is 8.66. The van der Waals surface area contributed by atoms with Crippen LogP contribution in [0.1, 0.15) is 29.1 Å². The summed E-state index contributed by atoms with van der Waals surface area (Å²) >= 11 is 4.80. The number of hydrogen-bond acceptors (Lipinski definition) is 3. The van der Waals surface area contributed by atoms with E-state index in [9.17, 15) is 9.59 Å². The van der Waals surface area contributed by atoms with Gasteiger partial charge in [-0.1, -0.05) is 26.0 Å². The summed E-state index contributed by atoms with van der Waals surface area (Å²) in [6.07, 6.45) is 0. The van der Waals surface area contributed by atoms with E-state index in [0.717, 1.165) is 10.0 Å².